The first kappa shape index (κ1) is 71.1. The van der Waals surface area contributed by atoms with Crippen molar-refractivity contribution < 1.29 is 28.6 Å². The molecule has 0 amide bonds. The van der Waals surface area contributed by atoms with E-state index in [1.165, 1.54) is 122 Å². The molecule has 0 N–H and O–H groups in total. The van der Waals surface area contributed by atoms with Gasteiger partial charge >= 0.3 is 17.9 Å². The van der Waals surface area contributed by atoms with Gasteiger partial charge in [0.2, 0.25) is 0 Å². The molecule has 0 aromatic rings. The third-order valence-corrected chi connectivity index (χ3v) is 13.3. The molecular formula is C69H116O6. The highest BCUT2D eigenvalue weighted by Gasteiger charge is 2.19. The SMILES string of the molecule is CC/C=C\C/C=C\C/C=C\C/C=C\C/C=C\C/C=C\CCCCCCC(=O)OC(COC(=O)CCCCCCC)COC(=O)CCCCCCCCCCCCCCCC/C=C\C/C=C\C/C=C\CCCCCCC. The summed E-state index contributed by atoms with van der Waals surface area (Å²) in [4.78, 5) is 37.9. The molecule has 0 saturated heterocycles. The third-order valence-electron chi connectivity index (χ3n) is 13.3. The zero-order chi connectivity index (χ0) is 54.3. The van der Waals surface area contributed by atoms with Crippen LogP contribution in [0.3, 0.4) is 0 Å². The maximum absolute atomic E-state index is 12.8. The predicted octanol–water partition coefficient (Wildman–Crippen LogP) is 21.4. The smallest absolute Gasteiger partial charge is 0.306 e. The number of esters is 3. The van der Waals surface area contributed by atoms with Crippen LogP contribution < -0.4 is 0 Å². The molecule has 75 heavy (non-hydrogen) atoms. The number of carbonyl (C=O) groups is 3. The zero-order valence-electron chi connectivity index (χ0n) is 49.0. The van der Waals surface area contributed by atoms with Crippen LogP contribution in [-0.4, -0.2) is 37.2 Å². The van der Waals surface area contributed by atoms with Crippen LogP contribution in [0, 0.1) is 0 Å². The van der Waals surface area contributed by atoms with Crippen molar-refractivity contribution in [2.45, 2.75) is 297 Å². The lowest BCUT2D eigenvalue weighted by Crippen LogP contribution is -2.30. The zero-order valence-corrected chi connectivity index (χ0v) is 49.0. The van der Waals surface area contributed by atoms with Crippen molar-refractivity contribution in [2.24, 2.45) is 0 Å². The minimum atomic E-state index is -0.790. The first-order valence-corrected chi connectivity index (χ1v) is 31.4. The van der Waals surface area contributed by atoms with E-state index in [0.29, 0.717) is 19.3 Å². The second-order valence-corrected chi connectivity index (χ2v) is 20.6. The highest BCUT2D eigenvalue weighted by Crippen LogP contribution is 2.16. The van der Waals surface area contributed by atoms with Gasteiger partial charge in [-0.25, -0.2) is 0 Å². The maximum atomic E-state index is 12.8. The van der Waals surface area contributed by atoms with Crippen LogP contribution in [0.4, 0.5) is 0 Å². The Morgan fingerprint density at radius 2 is 0.520 bits per heavy atom. The van der Waals surface area contributed by atoms with Gasteiger partial charge in [0.1, 0.15) is 13.2 Å². The Kier molecular flexibility index (Phi) is 59.3. The summed E-state index contributed by atoms with van der Waals surface area (Å²) in [6.07, 6.45) is 85.7. The van der Waals surface area contributed by atoms with Crippen LogP contribution in [0.15, 0.2) is 109 Å². The van der Waals surface area contributed by atoms with Gasteiger partial charge in [0.15, 0.2) is 6.10 Å². The van der Waals surface area contributed by atoms with E-state index in [1.54, 1.807) is 0 Å². The van der Waals surface area contributed by atoms with Crippen LogP contribution in [0.1, 0.15) is 290 Å². The van der Waals surface area contributed by atoms with Crippen LogP contribution in [-0.2, 0) is 28.6 Å². The minimum absolute atomic E-state index is 0.0891. The second kappa shape index (κ2) is 62.6. The Bertz CT molecular complexity index is 1520. The van der Waals surface area contributed by atoms with E-state index < -0.39 is 6.10 Å². The fourth-order valence-electron chi connectivity index (χ4n) is 8.57. The van der Waals surface area contributed by atoms with E-state index in [-0.39, 0.29) is 31.1 Å². The number of rotatable bonds is 56. The third kappa shape index (κ3) is 60.8. The molecule has 6 heteroatoms. The largest absolute Gasteiger partial charge is 0.462 e. The van der Waals surface area contributed by atoms with Crippen LogP contribution in [0.25, 0.3) is 0 Å². The summed E-state index contributed by atoms with van der Waals surface area (Å²) in [5.74, 6) is -0.926. The van der Waals surface area contributed by atoms with Crippen molar-refractivity contribution in [2.75, 3.05) is 13.2 Å². The van der Waals surface area contributed by atoms with E-state index in [1.807, 2.05) is 0 Å². The lowest BCUT2D eigenvalue weighted by Gasteiger charge is -2.18. The normalized spacial score (nSPS) is 12.8. The van der Waals surface area contributed by atoms with Crippen molar-refractivity contribution in [3.05, 3.63) is 109 Å². The molecule has 0 aliphatic carbocycles. The summed E-state index contributed by atoms with van der Waals surface area (Å²) in [6.45, 7) is 6.42. The van der Waals surface area contributed by atoms with Crippen LogP contribution >= 0.6 is 0 Å². The Hall–Kier alpha value is -3.93. The Labute approximate surface area is 463 Å². The van der Waals surface area contributed by atoms with E-state index >= 15 is 0 Å². The van der Waals surface area contributed by atoms with E-state index in [2.05, 4.69) is 130 Å². The average molecular weight is 1040 g/mol. The van der Waals surface area contributed by atoms with E-state index in [4.69, 9.17) is 14.2 Å². The molecular weight excluding hydrogens is 925 g/mol. The van der Waals surface area contributed by atoms with Gasteiger partial charge in [0.05, 0.1) is 0 Å². The van der Waals surface area contributed by atoms with Gasteiger partial charge < -0.3 is 14.2 Å². The molecule has 428 valence electrons. The number of unbranched alkanes of at least 4 members (excludes halogenated alkanes) is 27. The van der Waals surface area contributed by atoms with Gasteiger partial charge in [0, 0.05) is 19.3 Å². The average Bonchev–Trinajstić information content (AvgIpc) is 3.41. The standard InChI is InChI=1S/C69H116O6/c1-4-7-10-13-15-17-19-21-23-25-27-29-31-32-33-34-35-36-38-39-41-43-45-47-49-51-53-56-59-62-68(71)74-65-66(64-73-67(70)61-58-55-12-9-6-3)75-69(72)63-60-57-54-52-50-48-46-44-42-40-37-30-28-26-24-22-20-18-16-14-11-8-5-2/h8,11,16,18-19,21-22,24-25,27-28,30-32,40,42,46,48,66H,4-7,9-10,12-15,17,20,23,26,29,33-39,41,43-45,47,49-65H2,1-3H3/b11-8-,18-16-,21-19-,24-22-,27-25-,30-28-,32-31-,42-40-,48-46-. The highest BCUT2D eigenvalue weighted by atomic mass is 16.6. The molecule has 6 nitrogen and oxygen atoms in total. The Morgan fingerprint density at radius 3 is 0.813 bits per heavy atom. The number of carbonyl (C=O) groups excluding carboxylic acids is 3. The molecule has 0 fully saturated rings. The summed E-state index contributed by atoms with van der Waals surface area (Å²) in [5, 5.41) is 0. The van der Waals surface area contributed by atoms with Gasteiger partial charge in [-0.2, -0.15) is 0 Å². The van der Waals surface area contributed by atoms with Gasteiger partial charge in [0.25, 0.3) is 0 Å². The molecule has 0 heterocycles. The van der Waals surface area contributed by atoms with Crippen molar-refractivity contribution in [3.8, 4) is 0 Å². The molecule has 1 unspecified atom stereocenters. The van der Waals surface area contributed by atoms with Crippen molar-refractivity contribution in [3.63, 3.8) is 0 Å². The topological polar surface area (TPSA) is 78.9 Å². The van der Waals surface area contributed by atoms with Crippen molar-refractivity contribution >= 4 is 17.9 Å². The van der Waals surface area contributed by atoms with Crippen molar-refractivity contribution in [1.29, 1.82) is 0 Å². The Morgan fingerprint density at radius 1 is 0.280 bits per heavy atom. The second-order valence-electron chi connectivity index (χ2n) is 20.6. The molecule has 0 radical (unpaired) electrons. The maximum Gasteiger partial charge on any atom is 0.306 e. The molecule has 0 spiro atoms. The fraction of sp³-hybridized carbons (Fsp3) is 0.696. The highest BCUT2D eigenvalue weighted by molar-refractivity contribution is 5.71. The molecule has 1 atom stereocenters. The van der Waals surface area contributed by atoms with Crippen molar-refractivity contribution in [1.82, 2.24) is 0 Å². The summed E-state index contributed by atoms with van der Waals surface area (Å²) in [5.41, 5.74) is 0. The van der Waals surface area contributed by atoms with Crippen LogP contribution in [0.2, 0.25) is 0 Å². The first-order valence-electron chi connectivity index (χ1n) is 31.4. The summed E-state index contributed by atoms with van der Waals surface area (Å²) in [6, 6.07) is 0. The lowest BCUT2D eigenvalue weighted by molar-refractivity contribution is -0.167. The lowest BCUT2D eigenvalue weighted by atomic mass is 10.0. The quantitative estimate of drug-likeness (QED) is 0.0261. The molecule has 0 saturated carbocycles. The monoisotopic (exact) mass is 1040 g/mol. The number of ether oxygens (including phenoxy) is 3. The number of hydrogen-bond donors (Lipinski definition) is 0. The predicted molar refractivity (Wildman–Crippen MR) is 325 cm³/mol. The van der Waals surface area contributed by atoms with Gasteiger partial charge in [-0.15, -0.1) is 0 Å². The molecule has 0 aliphatic rings. The molecule has 0 bridgehead atoms. The molecule has 0 aliphatic heterocycles. The van der Waals surface area contributed by atoms with Crippen LogP contribution in [0.5, 0.6) is 0 Å². The summed E-state index contributed by atoms with van der Waals surface area (Å²) in [7, 11) is 0. The van der Waals surface area contributed by atoms with E-state index in [9.17, 15) is 14.4 Å². The summed E-state index contributed by atoms with van der Waals surface area (Å²) < 4.78 is 16.7. The van der Waals surface area contributed by atoms with Gasteiger partial charge in [-0.05, 0) is 109 Å². The molecule has 0 aromatic carbocycles. The number of hydrogen-bond acceptors (Lipinski definition) is 6. The summed E-state index contributed by atoms with van der Waals surface area (Å²) >= 11 is 0. The van der Waals surface area contributed by atoms with E-state index in [0.717, 1.165) is 128 Å². The first-order chi connectivity index (χ1) is 37.0. The molecule has 0 rings (SSSR count). The Balaban J connectivity index is 4.09. The van der Waals surface area contributed by atoms with Gasteiger partial charge in [-0.3, -0.25) is 14.4 Å². The van der Waals surface area contributed by atoms with Gasteiger partial charge in [-0.1, -0.05) is 271 Å². The fourth-order valence-corrected chi connectivity index (χ4v) is 8.57. The number of allylic oxidation sites excluding steroid dienone is 18. The molecule has 0 aromatic heterocycles. The minimum Gasteiger partial charge on any atom is -0.462 e.